The molecule has 0 spiro atoms. The van der Waals surface area contributed by atoms with E-state index < -0.39 is 0 Å². The number of halogens is 1. The molecule has 3 heteroatoms. The van der Waals surface area contributed by atoms with E-state index in [2.05, 4.69) is 35.9 Å². The molecule has 0 amide bonds. The molecule has 1 aromatic carbocycles. The van der Waals surface area contributed by atoms with Gasteiger partial charge in [-0.05, 0) is 24.0 Å². The molecule has 2 atom stereocenters. The average molecular weight is 275 g/mol. The first-order valence-corrected chi connectivity index (χ1v) is 7.28. The van der Waals surface area contributed by atoms with Crippen molar-refractivity contribution in [1.29, 1.82) is 0 Å². The summed E-state index contributed by atoms with van der Waals surface area (Å²) in [4.78, 5) is 6.97. The van der Waals surface area contributed by atoms with E-state index in [4.69, 9.17) is 11.6 Å². The molecule has 0 N–H and O–H groups in total. The molecule has 0 saturated carbocycles. The lowest BCUT2D eigenvalue weighted by Gasteiger charge is -2.16. The van der Waals surface area contributed by atoms with Gasteiger partial charge in [0.15, 0.2) is 0 Å². The zero-order valence-corrected chi connectivity index (χ0v) is 12.2. The predicted molar refractivity (Wildman–Crippen MR) is 80.4 cm³/mol. The largest absolute Gasteiger partial charge is 0.298 e. The van der Waals surface area contributed by atoms with Crippen LogP contribution in [0.4, 0.5) is 0 Å². The summed E-state index contributed by atoms with van der Waals surface area (Å²) in [5.41, 5.74) is 2.11. The van der Waals surface area contributed by atoms with E-state index in [1.54, 1.807) is 0 Å². The highest BCUT2D eigenvalue weighted by Crippen LogP contribution is 2.27. The van der Waals surface area contributed by atoms with Crippen LogP contribution in [0.5, 0.6) is 0 Å². The number of rotatable bonds is 2. The molecule has 2 unspecified atom stereocenters. The number of likely N-dealkylation sites (tertiary alicyclic amines) is 1. The number of pyridine rings is 1. The number of aromatic nitrogens is 1. The standard InChI is InChI=1S/C16H19ClN2/c1-11-8-19(9-12(11)2)10-14-7-13-5-3-4-6-15(13)18-16(14)17/h3-7,11-12H,8-10H2,1-2H3. The molecule has 3 rings (SSSR count). The number of benzene rings is 1. The number of hydrogen-bond donors (Lipinski definition) is 0. The van der Waals surface area contributed by atoms with E-state index in [9.17, 15) is 0 Å². The maximum Gasteiger partial charge on any atom is 0.134 e. The molecule has 2 nitrogen and oxygen atoms in total. The first-order valence-electron chi connectivity index (χ1n) is 6.90. The average Bonchev–Trinajstić information content (AvgIpc) is 2.69. The van der Waals surface area contributed by atoms with Crippen LogP contribution in [0.3, 0.4) is 0 Å². The minimum atomic E-state index is 0.644. The Morgan fingerprint density at radius 2 is 1.89 bits per heavy atom. The minimum absolute atomic E-state index is 0.644. The molecule has 0 radical (unpaired) electrons. The van der Waals surface area contributed by atoms with Crippen LogP contribution >= 0.6 is 11.6 Å². The maximum absolute atomic E-state index is 6.32. The fourth-order valence-electron chi connectivity index (χ4n) is 2.87. The molecule has 100 valence electrons. The second kappa shape index (κ2) is 5.10. The Labute approximate surface area is 119 Å². The van der Waals surface area contributed by atoms with Crippen molar-refractivity contribution in [1.82, 2.24) is 9.88 Å². The molecule has 2 aromatic rings. The van der Waals surface area contributed by atoms with Gasteiger partial charge in [0.05, 0.1) is 5.52 Å². The molecule has 0 aliphatic carbocycles. The first kappa shape index (κ1) is 12.9. The van der Waals surface area contributed by atoms with Gasteiger partial charge in [-0.25, -0.2) is 4.98 Å². The summed E-state index contributed by atoms with van der Waals surface area (Å²) >= 11 is 6.32. The van der Waals surface area contributed by atoms with Crippen molar-refractivity contribution in [3.63, 3.8) is 0 Å². The molecule has 1 aliphatic heterocycles. The fourth-order valence-corrected chi connectivity index (χ4v) is 3.07. The van der Waals surface area contributed by atoms with Gasteiger partial charge in [-0.15, -0.1) is 0 Å². The summed E-state index contributed by atoms with van der Waals surface area (Å²) in [7, 11) is 0. The van der Waals surface area contributed by atoms with Gasteiger partial charge in [-0.3, -0.25) is 4.90 Å². The Morgan fingerprint density at radius 3 is 2.63 bits per heavy atom. The predicted octanol–water partition coefficient (Wildman–Crippen LogP) is 3.98. The third-order valence-electron chi connectivity index (χ3n) is 4.21. The number of hydrogen-bond acceptors (Lipinski definition) is 2. The summed E-state index contributed by atoms with van der Waals surface area (Å²) in [5, 5.41) is 1.81. The van der Waals surface area contributed by atoms with Gasteiger partial charge in [0.1, 0.15) is 5.15 Å². The lowest BCUT2D eigenvalue weighted by Crippen LogP contribution is -2.20. The highest BCUT2D eigenvalue weighted by atomic mass is 35.5. The van der Waals surface area contributed by atoms with Gasteiger partial charge in [0.25, 0.3) is 0 Å². The van der Waals surface area contributed by atoms with Gasteiger partial charge < -0.3 is 0 Å². The van der Waals surface area contributed by atoms with Crippen LogP contribution in [-0.4, -0.2) is 23.0 Å². The monoisotopic (exact) mass is 274 g/mol. The molecule has 19 heavy (non-hydrogen) atoms. The van der Waals surface area contributed by atoms with Gasteiger partial charge in [0, 0.05) is 30.6 Å². The van der Waals surface area contributed by atoms with Crippen molar-refractivity contribution >= 4 is 22.5 Å². The normalized spacial score (nSPS) is 24.2. The quantitative estimate of drug-likeness (QED) is 0.770. The van der Waals surface area contributed by atoms with Gasteiger partial charge in [-0.2, -0.15) is 0 Å². The molecule has 2 heterocycles. The summed E-state index contributed by atoms with van der Waals surface area (Å²) in [5.74, 6) is 1.54. The summed E-state index contributed by atoms with van der Waals surface area (Å²) in [6, 6.07) is 10.3. The van der Waals surface area contributed by atoms with E-state index in [-0.39, 0.29) is 0 Å². The SMILES string of the molecule is CC1CN(Cc2cc3ccccc3nc2Cl)CC1C. The topological polar surface area (TPSA) is 16.1 Å². The third-order valence-corrected chi connectivity index (χ3v) is 4.54. The Bertz CT molecular complexity index is 586. The van der Waals surface area contributed by atoms with Crippen molar-refractivity contribution in [3.8, 4) is 0 Å². The van der Waals surface area contributed by atoms with Crippen LogP contribution in [0, 0.1) is 11.8 Å². The Hall–Kier alpha value is -1.12. The Kier molecular flexibility index (Phi) is 3.46. The van der Waals surface area contributed by atoms with Crippen molar-refractivity contribution < 1.29 is 0 Å². The molecule has 0 bridgehead atoms. The molecular weight excluding hydrogens is 256 g/mol. The Morgan fingerprint density at radius 1 is 1.21 bits per heavy atom. The van der Waals surface area contributed by atoms with Crippen LogP contribution in [0.25, 0.3) is 10.9 Å². The highest BCUT2D eigenvalue weighted by molar-refractivity contribution is 6.30. The third kappa shape index (κ3) is 2.60. The number of fused-ring (bicyclic) bond motifs is 1. The molecule has 1 aromatic heterocycles. The molecular formula is C16H19ClN2. The van der Waals surface area contributed by atoms with Crippen LogP contribution in [0.1, 0.15) is 19.4 Å². The fraction of sp³-hybridized carbons (Fsp3) is 0.438. The summed E-state index contributed by atoms with van der Waals surface area (Å²) < 4.78 is 0. The zero-order chi connectivity index (χ0) is 13.4. The molecule has 1 aliphatic rings. The minimum Gasteiger partial charge on any atom is -0.298 e. The maximum atomic E-state index is 6.32. The first-order chi connectivity index (χ1) is 9.13. The van der Waals surface area contributed by atoms with Crippen LogP contribution in [0.15, 0.2) is 30.3 Å². The highest BCUT2D eigenvalue weighted by Gasteiger charge is 2.26. The smallest absolute Gasteiger partial charge is 0.134 e. The van der Waals surface area contributed by atoms with Gasteiger partial charge in [-0.1, -0.05) is 43.6 Å². The number of nitrogens with zero attached hydrogens (tertiary/aromatic N) is 2. The van der Waals surface area contributed by atoms with E-state index in [0.29, 0.717) is 5.15 Å². The van der Waals surface area contributed by atoms with Crippen molar-refractivity contribution in [2.24, 2.45) is 11.8 Å². The molecule has 1 saturated heterocycles. The van der Waals surface area contributed by atoms with Gasteiger partial charge >= 0.3 is 0 Å². The molecule has 1 fully saturated rings. The Balaban J connectivity index is 1.87. The van der Waals surface area contributed by atoms with Crippen molar-refractivity contribution in [3.05, 3.63) is 41.0 Å². The number of para-hydroxylation sites is 1. The van der Waals surface area contributed by atoms with E-state index >= 15 is 0 Å². The van der Waals surface area contributed by atoms with Crippen molar-refractivity contribution in [2.45, 2.75) is 20.4 Å². The van der Waals surface area contributed by atoms with E-state index in [1.807, 2.05) is 18.2 Å². The second-order valence-corrected chi connectivity index (χ2v) is 6.14. The van der Waals surface area contributed by atoms with E-state index in [0.717, 1.165) is 42.6 Å². The van der Waals surface area contributed by atoms with E-state index in [1.165, 1.54) is 5.39 Å². The lowest BCUT2D eigenvalue weighted by molar-refractivity contribution is 0.316. The van der Waals surface area contributed by atoms with Gasteiger partial charge in [0.2, 0.25) is 0 Å². The van der Waals surface area contributed by atoms with Crippen molar-refractivity contribution in [2.75, 3.05) is 13.1 Å². The summed E-state index contributed by atoms with van der Waals surface area (Å²) in [6.45, 7) is 7.87. The lowest BCUT2D eigenvalue weighted by atomic mass is 10.0. The second-order valence-electron chi connectivity index (χ2n) is 5.78. The van der Waals surface area contributed by atoms with Crippen LogP contribution < -0.4 is 0 Å². The van der Waals surface area contributed by atoms with Crippen LogP contribution in [-0.2, 0) is 6.54 Å². The van der Waals surface area contributed by atoms with Crippen LogP contribution in [0.2, 0.25) is 5.15 Å². The zero-order valence-electron chi connectivity index (χ0n) is 11.4. The summed E-state index contributed by atoms with van der Waals surface area (Å²) in [6.07, 6.45) is 0.